The molecule has 150 valence electrons. The summed E-state index contributed by atoms with van der Waals surface area (Å²) in [6.45, 7) is 6.57. The van der Waals surface area contributed by atoms with Crippen molar-refractivity contribution >= 4 is 33.7 Å². The number of anilines is 1. The first kappa shape index (κ1) is 19.3. The number of nitrogens with one attached hydrogen (secondary N) is 1. The largest absolute Gasteiger partial charge is 0.463 e. The van der Waals surface area contributed by atoms with Gasteiger partial charge in [0.2, 0.25) is 0 Å². The van der Waals surface area contributed by atoms with Crippen molar-refractivity contribution in [3.05, 3.63) is 23.9 Å². The molecular weight excluding hydrogens is 376 g/mol. The van der Waals surface area contributed by atoms with Crippen molar-refractivity contribution in [2.24, 2.45) is 5.92 Å². The Morgan fingerprint density at radius 2 is 2.11 bits per heavy atom. The SMILES string of the molecule is CC1CN(c2ccc(C=O)c3nc(OCC4CCS(=O)C4)ncc23)C[C@@H](C)N1. The first-order valence-corrected chi connectivity index (χ1v) is 11.3. The molecule has 1 aromatic heterocycles. The maximum Gasteiger partial charge on any atom is 0.316 e. The summed E-state index contributed by atoms with van der Waals surface area (Å²) < 4.78 is 17.3. The van der Waals surface area contributed by atoms with Crippen LogP contribution in [0.25, 0.3) is 10.9 Å². The first-order chi connectivity index (χ1) is 13.5. The molecule has 0 radical (unpaired) electrons. The number of aldehydes is 1. The smallest absolute Gasteiger partial charge is 0.316 e. The van der Waals surface area contributed by atoms with Crippen LogP contribution in [0.3, 0.4) is 0 Å². The zero-order valence-electron chi connectivity index (χ0n) is 16.3. The van der Waals surface area contributed by atoms with Crippen molar-refractivity contribution in [2.75, 3.05) is 36.1 Å². The van der Waals surface area contributed by atoms with Crippen molar-refractivity contribution in [3.8, 4) is 6.01 Å². The molecule has 2 saturated heterocycles. The lowest BCUT2D eigenvalue weighted by atomic mass is 10.1. The number of aromatic nitrogens is 2. The fraction of sp³-hybridized carbons (Fsp3) is 0.550. The Kier molecular flexibility index (Phi) is 5.59. The summed E-state index contributed by atoms with van der Waals surface area (Å²) in [5.74, 6) is 1.70. The number of hydrogen-bond acceptors (Lipinski definition) is 7. The molecular formula is C20H26N4O3S. The number of ether oxygens (including phenoxy) is 1. The van der Waals surface area contributed by atoms with Crippen LogP contribution in [-0.4, -0.2) is 63.7 Å². The van der Waals surface area contributed by atoms with Crippen LogP contribution < -0.4 is 15.0 Å². The lowest BCUT2D eigenvalue weighted by Crippen LogP contribution is -2.54. The molecule has 0 aliphatic carbocycles. The second kappa shape index (κ2) is 8.13. The Hall–Kier alpha value is -2.06. The van der Waals surface area contributed by atoms with Crippen molar-refractivity contribution in [3.63, 3.8) is 0 Å². The van der Waals surface area contributed by atoms with E-state index in [2.05, 4.69) is 34.0 Å². The predicted octanol–water partition coefficient (Wildman–Crippen LogP) is 1.78. The Morgan fingerprint density at radius 3 is 2.79 bits per heavy atom. The third kappa shape index (κ3) is 4.03. The number of fused-ring (bicyclic) bond motifs is 1. The third-order valence-corrected chi connectivity index (χ3v) is 6.92. The minimum atomic E-state index is -0.728. The normalized spacial score (nSPS) is 27.9. The molecule has 2 aliphatic rings. The van der Waals surface area contributed by atoms with Crippen molar-refractivity contribution in [1.82, 2.24) is 15.3 Å². The molecule has 1 aromatic carbocycles. The molecule has 4 rings (SSSR count). The number of nitrogens with zero attached hydrogens (tertiary/aromatic N) is 3. The van der Waals surface area contributed by atoms with E-state index in [1.165, 1.54) is 0 Å². The van der Waals surface area contributed by atoms with Crippen molar-refractivity contribution in [1.29, 1.82) is 0 Å². The molecule has 3 heterocycles. The third-order valence-electron chi connectivity index (χ3n) is 5.39. The number of carbonyl (C=O) groups is 1. The molecule has 0 bridgehead atoms. The molecule has 28 heavy (non-hydrogen) atoms. The minimum absolute atomic E-state index is 0.271. The Labute approximate surface area is 167 Å². The summed E-state index contributed by atoms with van der Waals surface area (Å²) in [4.78, 5) is 22.8. The number of hydrogen-bond donors (Lipinski definition) is 1. The van der Waals surface area contributed by atoms with Crippen LogP contribution in [0, 0.1) is 5.92 Å². The number of piperazine rings is 1. The highest BCUT2D eigenvalue weighted by Gasteiger charge is 2.24. The summed E-state index contributed by atoms with van der Waals surface area (Å²) >= 11 is 0. The minimum Gasteiger partial charge on any atom is -0.463 e. The zero-order chi connectivity index (χ0) is 19.7. The van der Waals surface area contributed by atoms with Gasteiger partial charge >= 0.3 is 6.01 Å². The van der Waals surface area contributed by atoms with Gasteiger partial charge in [-0.2, -0.15) is 4.98 Å². The molecule has 3 unspecified atom stereocenters. The van der Waals surface area contributed by atoms with Gasteiger partial charge in [-0.25, -0.2) is 4.98 Å². The number of carbonyl (C=O) groups excluding carboxylic acids is 1. The first-order valence-electron chi connectivity index (χ1n) is 9.77. The predicted molar refractivity (Wildman–Crippen MR) is 111 cm³/mol. The molecule has 8 heteroatoms. The number of rotatable bonds is 5. The topological polar surface area (TPSA) is 84.4 Å². The lowest BCUT2D eigenvalue weighted by Gasteiger charge is -2.38. The molecule has 2 fully saturated rings. The molecule has 2 aromatic rings. The second-order valence-corrected chi connectivity index (χ2v) is 9.48. The van der Waals surface area contributed by atoms with Gasteiger partial charge in [0.05, 0.1) is 12.1 Å². The summed E-state index contributed by atoms with van der Waals surface area (Å²) in [6.07, 6.45) is 3.49. The van der Waals surface area contributed by atoms with Crippen LogP contribution in [0.15, 0.2) is 18.3 Å². The van der Waals surface area contributed by atoms with Crippen molar-refractivity contribution in [2.45, 2.75) is 32.4 Å². The van der Waals surface area contributed by atoms with E-state index in [1.807, 2.05) is 12.1 Å². The van der Waals surface area contributed by atoms with E-state index in [1.54, 1.807) is 6.20 Å². The van der Waals surface area contributed by atoms with Crippen LogP contribution in [0.5, 0.6) is 6.01 Å². The summed E-state index contributed by atoms with van der Waals surface area (Å²) in [5, 5.41) is 4.40. The Balaban J connectivity index is 1.62. The highest BCUT2D eigenvalue weighted by molar-refractivity contribution is 7.85. The van der Waals surface area contributed by atoms with E-state index in [0.717, 1.165) is 42.6 Å². The van der Waals surface area contributed by atoms with Crippen LogP contribution in [0.1, 0.15) is 30.6 Å². The molecule has 1 N–H and O–H groups in total. The van der Waals surface area contributed by atoms with Crippen molar-refractivity contribution < 1.29 is 13.7 Å². The fourth-order valence-electron chi connectivity index (χ4n) is 4.13. The van der Waals surface area contributed by atoms with Gasteiger partial charge in [0.25, 0.3) is 0 Å². The molecule has 7 nitrogen and oxygen atoms in total. The molecule has 0 saturated carbocycles. The van der Waals surface area contributed by atoms with Gasteiger partial charge in [0.1, 0.15) is 0 Å². The maximum absolute atomic E-state index is 11.6. The Bertz CT molecular complexity index is 896. The van der Waals surface area contributed by atoms with E-state index in [0.29, 0.717) is 35.5 Å². The van der Waals surface area contributed by atoms with E-state index in [9.17, 15) is 9.00 Å². The van der Waals surface area contributed by atoms with E-state index in [-0.39, 0.29) is 11.9 Å². The zero-order valence-corrected chi connectivity index (χ0v) is 17.1. The highest BCUT2D eigenvalue weighted by Crippen LogP contribution is 2.30. The maximum atomic E-state index is 11.6. The van der Waals surface area contributed by atoms with E-state index in [4.69, 9.17) is 4.74 Å². The quantitative estimate of drug-likeness (QED) is 0.763. The summed E-state index contributed by atoms with van der Waals surface area (Å²) in [5.41, 5.74) is 2.19. The van der Waals surface area contributed by atoms with Crippen LogP contribution in [0.4, 0.5) is 5.69 Å². The number of benzene rings is 1. The van der Waals surface area contributed by atoms with Gasteiger partial charge in [0, 0.05) is 76.2 Å². The molecule has 0 amide bonds. The van der Waals surface area contributed by atoms with Crippen LogP contribution in [-0.2, 0) is 10.8 Å². The van der Waals surface area contributed by atoms with Crippen LogP contribution in [0.2, 0.25) is 0 Å². The lowest BCUT2D eigenvalue weighted by molar-refractivity contribution is 0.112. The molecule has 0 spiro atoms. The summed E-state index contributed by atoms with van der Waals surface area (Å²) in [7, 11) is -0.728. The van der Waals surface area contributed by atoms with E-state index >= 15 is 0 Å². The monoisotopic (exact) mass is 402 g/mol. The van der Waals surface area contributed by atoms with Gasteiger partial charge in [-0.15, -0.1) is 0 Å². The van der Waals surface area contributed by atoms with Gasteiger partial charge in [-0.3, -0.25) is 9.00 Å². The summed E-state index contributed by atoms with van der Waals surface area (Å²) in [6, 6.07) is 4.83. The van der Waals surface area contributed by atoms with Crippen LogP contribution >= 0.6 is 0 Å². The van der Waals surface area contributed by atoms with Gasteiger partial charge in [-0.1, -0.05) is 0 Å². The average molecular weight is 403 g/mol. The highest BCUT2D eigenvalue weighted by atomic mass is 32.2. The van der Waals surface area contributed by atoms with Gasteiger partial charge in [-0.05, 0) is 32.4 Å². The Morgan fingerprint density at radius 1 is 1.32 bits per heavy atom. The average Bonchev–Trinajstić information content (AvgIpc) is 3.09. The standard InChI is InChI=1S/C20H26N4O3S/c1-13-8-24(9-14(2)22-13)18-4-3-16(10-25)19-17(18)7-21-20(23-19)27-11-15-5-6-28(26)12-15/h3-4,7,10,13-15,22H,5-6,8-9,11-12H2,1-2H3/t13-,14?,15?,28?/m1/s1. The second-order valence-electron chi connectivity index (χ2n) is 7.86. The fourth-order valence-corrected chi connectivity index (χ4v) is 5.68. The molecule has 2 aliphatic heterocycles. The van der Waals surface area contributed by atoms with Gasteiger partial charge in [0.15, 0.2) is 6.29 Å². The molecule has 4 atom stereocenters. The van der Waals surface area contributed by atoms with Gasteiger partial charge < -0.3 is 15.0 Å². The van der Waals surface area contributed by atoms with E-state index < -0.39 is 10.8 Å².